The molecule has 96 valence electrons. The van der Waals surface area contributed by atoms with Crippen molar-refractivity contribution in [2.45, 2.75) is 6.54 Å². The van der Waals surface area contributed by atoms with Gasteiger partial charge in [0.05, 0.1) is 11.3 Å². The first-order valence-electron chi connectivity index (χ1n) is 5.74. The number of rotatable bonds is 4. The average molecular weight is 255 g/mol. The lowest BCUT2D eigenvalue weighted by Gasteiger charge is -1.99. The van der Waals surface area contributed by atoms with Gasteiger partial charge in [0.15, 0.2) is 0 Å². The molecule has 0 fully saturated rings. The van der Waals surface area contributed by atoms with Crippen molar-refractivity contribution < 1.29 is 9.90 Å². The van der Waals surface area contributed by atoms with Gasteiger partial charge in [0.2, 0.25) is 0 Å². The first-order valence-corrected chi connectivity index (χ1v) is 5.74. The van der Waals surface area contributed by atoms with Crippen LogP contribution in [0.1, 0.15) is 15.9 Å². The largest absolute Gasteiger partial charge is 0.478 e. The molecule has 0 heterocycles. The van der Waals surface area contributed by atoms with Crippen molar-refractivity contribution in [1.29, 1.82) is 0 Å². The van der Waals surface area contributed by atoms with Crippen molar-refractivity contribution in [3.63, 3.8) is 0 Å². The second-order valence-corrected chi connectivity index (χ2v) is 3.89. The molecule has 0 amide bonds. The first kappa shape index (κ1) is 12.9. The predicted octanol–water partition coefficient (Wildman–Crippen LogP) is 3.26. The van der Waals surface area contributed by atoms with Gasteiger partial charge in [-0.1, -0.05) is 24.3 Å². The minimum atomic E-state index is -1.02. The number of aromatic carboxylic acids is 1. The summed E-state index contributed by atoms with van der Waals surface area (Å²) >= 11 is 0. The molecule has 5 nitrogen and oxygen atoms in total. The number of hydrogen-bond acceptors (Lipinski definition) is 4. The lowest BCUT2D eigenvalue weighted by Crippen LogP contribution is -1.95. The Morgan fingerprint density at radius 1 is 1.05 bits per heavy atom. The average Bonchev–Trinajstić information content (AvgIpc) is 2.46. The van der Waals surface area contributed by atoms with Gasteiger partial charge < -0.3 is 10.8 Å². The highest BCUT2D eigenvalue weighted by Crippen LogP contribution is 2.22. The van der Waals surface area contributed by atoms with Crippen LogP contribution in [0.25, 0.3) is 0 Å². The molecule has 19 heavy (non-hydrogen) atoms. The number of azo groups is 1. The molecule has 0 saturated carbocycles. The van der Waals surface area contributed by atoms with Crippen molar-refractivity contribution in [1.82, 2.24) is 0 Å². The van der Waals surface area contributed by atoms with Gasteiger partial charge in [-0.05, 0) is 29.8 Å². The molecule has 2 aromatic rings. The molecule has 0 aliphatic heterocycles. The monoisotopic (exact) mass is 255 g/mol. The van der Waals surface area contributed by atoms with Crippen LogP contribution < -0.4 is 5.73 Å². The van der Waals surface area contributed by atoms with E-state index in [1.807, 2.05) is 12.1 Å². The molecule has 2 rings (SSSR count). The summed E-state index contributed by atoms with van der Waals surface area (Å²) in [6.07, 6.45) is 0. The van der Waals surface area contributed by atoms with Gasteiger partial charge in [-0.3, -0.25) is 0 Å². The number of nitrogens with two attached hydrogens (primary N) is 1. The van der Waals surface area contributed by atoms with Crippen molar-refractivity contribution >= 4 is 17.3 Å². The molecular formula is C14H13N3O2. The Hall–Kier alpha value is -2.53. The maximum absolute atomic E-state index is 11.0. The number of benzene rings is 2. The Bertz CT molecular complexity index is 606. The molecule has 0 unspecified atom stereocenters. The quantitative estimate of drug-likeness (QED) is 0.822. The smallest absolute Gasteiger partial charge is 0.337 e. The highest BCUT2D eigenvalue weighted by Gasteiger charge is 2.07. The van der Waals surface area contributed by atoms with E-state index in [0.717, 1.165) is 5.56 Å². The number of carbonyl (C=O) groups is 1. The Labute approximate surface area is 110 Å². The molecule has 0 radical (unpaired) electrons. The Kier molecular flexibility index (Phi) is 4.00. The second-order valence-electron chi connectivity index (χ2n) is 3.89. The van der Waals surface area contributed by atoms with E-state index in [0.29, 0.717) is 17.9 Å². The molecule has 0 spiro atoms. The van der Waals surface area contributed by atoms with E-state index in [4.69, 9.17) is 10.8 Å². The number of carboxylic acids is 1. The lowest BCUT2D eigenvalue weighted by atomic mass is 10.2. The summed E-state index contributed by atoms with van der Waals surface area (Å²) < 4.78 is 0. The third-order valence-corrected chi connectivity index (χ3v) is 2.58. The number of hydrogen-bond donors (Lipinski definition) is 2. The highest BCUT2D eigenvalue weighted by atomic mass is 16.4. The SMILES string of the molecule is NCc1ccc(N=Nc2ccccc2C(=O)O)cc1. The predicted molar refractivity (Wildman–Crippen MR) is 71.9 cm³/mol. The molecule has 2 aromatic carbocycles. The minimum Gasteiger partial charge on any atom is -0.478 e. The summed E-state index contributed by atoms with van der Waals surface area (Å²) in [5.74, 6) is -1.02. The van der Waals surface area contributed by atoms with Crippen molar-refractivity contribution in [3.05, 3.63) is 59.7 Å². The van der Waals surface area contributed by atoms with E-state index in [1.54, 1.807) is 30.3 Å². The van der Waals surface area contributed by atoms with E-state index < -0.39 is 5.97 Å². The van der Waals surface area contributed by atoms with Crippen LogP contribution in [-0.4, -0.2) is 11.1 Å². The summed E-state index contributed by atoms with van der Waals surface area (Å²) in [6.45, 7) is 0.471. The van der Waals surface area contributed by atoms with Crippen LogP contribution in [0, 0.1) is 0 Å². The summed E-state index contributed by atoms with van der Waals surface area (Å²) in [7, 11) is 0. The second kappa shape index (κ2) is 5.88. The molecule has 5 heteroatoms. The minimum absolute atomic E-state index is 0.129. The topological polar surface area (TPSA) is 88.0 Å². The zero-order valence-electron chi connectivity index (χ0n) is 10.2. The van der Waals surface area contributed by atoms with E-state index in [1.165, 1.54) is 6.07 Å². The van der Waals surface area contributed by atoms with E-state index in [2.05, 4.69) is 10.2 Å². The third-order valence-electron chi connectivity index (χ3n) is 2.58. The van der Waals surface area contributed by atoms with Gasteiger partial charge in [0.1, 0.15) is 5.69 Å². The van der Waals surface area contributed by atoms with Gasteiger partial charge in [-0.25, -0.2) is 4.79 Å². The zero-order valence-corrected chi connectivity index (χ0v) is 10.2. The highest BCUT2D eigenvalue weighted by molar-refractivity contribution is 5.93. The zero-order chi connectivity index (χ0) is 13.7. The van der Waals surface area contributed by atoms with Crippen molar-refractivity contribution in [3.8, 4) is 0 Å². The maximum Gasteiger partial charge on any atom is 0.337 e. The first-order chi connectivity index (χ1) is 9.20. The fraction of sp³-hybridized carbons (Fsp3) is 0.0714. The molecule has 0 bridgehead atoms. The standard InChI is InChI=1S/C14H13N3O2/c15-9-10-5-7-11(8-6-10)16-17-13-4-2-1-3-12(13)14(18)19/h1-8H,9,15H2,(H,18,19). The van der Waals surface area contributed by atoms with Crippen molar-refractivity contribution in [2.24, 2.45) is 16.0 Å². The van der Waals surface area contributed by atoms with Gasteiger partial charge in [-0.15, -0.1) is 5.11 Å². The van der Waals surface area contributed by atoms with Gasteiger partial charge in [0.25, 0.3) is 0 Å². The Morgan fingerprint density at radius 3 is 2.37 bits per heavy atom. The van der Waals surface area contributed by atoms with Crippen LogP contribution in [-0.2, 0) is 6.54 Å². The number of nitrogens with zero attached hydrogens (tertiary/aromatic N) is 2. The van der Waals surface area contributed by atoms with E-state index in [-0.39, 0.29) is 5.56 Å². The summed E-state index contributed by atoms with van der Waals surface area (Å²) in [5, 5.41) is 17.0. The molecule has 0 aliphatic carbocycles. The fourth-order valence-corrected chi connectivity index (χ4v) is 1.55. The van der Waals surface area contributed by atoms with Crippen LogP contribution in [0.4, 0.5) is 11.4 Å². The summed E-state index contributed by atoms with van der Waals surface area (Å²) in [4.78, 5) is 11.0. The number of carboxylic acid groups (broad SMARTS) is 1. The van der Waals surface area contributed by atoms with Crippen LogP contribution >= 0.6 is 0 Å². The summed E-state index contributed by atoms with van der Waals surface area (Å²) in [5.41, 5.74) is 7.61. The molecule has 3 N–H and O–H groups in total. The maximum atomic E-state index is 11.0. The van der Waals surface area contributed by atoms with E-state index >= 15 is 0 Å². The summed E-state index contributed by atoms with van der Waals surface area (Å²) in [6, 6.07) is 13.8. The fourth-order valence-electron chi connectivity index (χ4n) is 1.55. The molecule has 0 aromatic heterocycles. The molecular weight excluding hydrogens is 242 g/mol. The van der Waals surface area contributed by atoms with Crippen LogP contribution in [0.15, 0.2) is 58.8 Å². The lowest BCUT2D eigenvalue weighted by molar-refractivity contribution is 0.0698. The van der Waals surface area contributed by atoms with Crippen LogP contribution in [0.5, 0.6) is 0 Å². The van der Waals surface area contributed by atoms with Crippen LogP contribution in [0.3, 0.4) is 0 Å². The van der Waals surface area contributed by atoms with Gasteiger partial charge >= 0.3 is 5.97 Å². The molecule has 0 saturated heterocycles. The van der Waals surface area contributed by atoms with Crippen LogP contribution in [0.2, 0.25) is 0 Å². The van der Waals surface area contributed by atoms with Crippen molar-refractivity contribution in [2.75, 3.05) is 0 Å². The molecule has 0 atom stereocenters. The normalized spacial score (nSPS) is 10.8. The van der Waals surface area contributed by atoms with E-state index in [9.17, 15) is 4.79 Å². The Morgan fingerprint density at radius 2 is 1.74 bits per heavy atom. The third kappa shape index (κ3) is 3.23. The molecule has 0 aliphatic rings. The Balaban J connectivity index is 2.24. The van der Waals surface area contributed by atoms with Gasteiger partial charge in [-0.2, -0.15) is 5.11 Å². The van der Waals surface area contributed by atoms with Gasteiger partial charge in [0, 0.05) is 6.54 Å².